The number of halogens is 1. The second-order valence-electron chi connectivity index (χ2n) is 6.90. The molecule has 32 heavy (non-hydrogen) atoms. The zero-order valence-corrected chi connectivity index (χ0v) is 19.0. The Morgan fingerprint density at radius 3 is 2.50 bits per heavy atom. The Balaban J connectivity index is 1.64. The summed E-state index contributed by atoms with van der Waals surface area (Å²) in [7, 11) is 1.62. The van der Waals surface area contributed by atoms with Crippen LogP contribution in [0.2, 0.25) is 5.02 Å². The Morgan fingerprint density at radius 1 is 1.03 bits per heavy atom. The fraction of sp³-hybridized carbons (Fsp3) is 0.200. The maximum absolute atomic E-state index is 12.3. The van der Waals surface area contributed by atoms with E-state index in [1.54, 1.807) is 31.5 Å². The van der Waals surface area contributed by atoms with E-state index in [4.69, 9.17) is 25.8 Å². The number of amides is 1. The van der Waals surface area contributed by atoms with Crippen molar-refractivity contribution >= 4 is 35.1 Å². The summed E-state index contributed by atoms with van der Waals surface area (Å²) in [6, 6.07) is 18.2. The first kappa shape index (κ1) is 23.2. The molecule has 0 bridgehead atoms. The van der Waals surface area contributed by atoms with Gasteiger partial charge in [-0.3, -0.25) is 9.79 Å². The molecule has 0 aliphatic heterocycles. The van der Waals surface area contributed by atoms with Gasteiger partial charge in [-0.15, -0.1) is 0 Å². The lowest BCUT2D eigenvalue weighted by atomic mass is 10.2. The van der Waals surface area contributed by atoms with Gasteiger partial charge in [-0.1, -0.05) is 17.7 Å². The zero-order valence-electron chi connectivity index (χ0n) is 18.2. The van der Waals surface area contributed by atoms with Crippen LogP contribution in [0.5, 0.6) is 17.2 Å². The number of anilines is 1. The summed E-state index contributed by atoms with van der Waals surface area (Å²) in [6.07, 6.45) is 1.74. The Bertz CT molecular complexity index is 1100. The summed E-state index contributed by atoms with van der Waals surface area (Å²) in [6.45, 7) is 4.09. The number of carbonyl (C=O) groups is 1. The van der Waals surface area contributed by atoms with Gasteiger partial charge in [0.05, 0.1) is 19.4 Å². The van der Waals surface area contributed by atoms with Crippen LogP contribution in [0.4, 0.5) is 11.4 Å². The van der Waals surface area contributed by atoms with E-state index in [-0.39, 0.29) is 12.5 Å². The SMILES string of the molecule is CCOc1cc(C=Nc2ccc(OC)cc2)ccc1OCC(=O)Nc1ccc(C)c(Cl)c1. The molecule has 6 nitrogen and oxygen atoms in total. The minimum Gasteiger partial charge on any atom is -0.497 e. The monoisotopic (exact) mass is 452 g/mol. The van der Waals surface area contributed by atoms with E-state index in [0.717, 1.165) is 22.6 Å². The van der Waals surface area contributed by atoms with Crippen LogP contribution in [0.25, 0.3) is 0 Å². The molecule has 3 rings (SSSR count). The predicted molar refractivity (Wildman–Crippen MR) is 128 cm³/mol. The Labute approximate surface area is 192 Å². The molecule has 0 atom stereocenters. The van der Waals surface area contributed by atoms with E-state index >= 15 is 0 Å². The van der Waals surface area contributed by atoms with Crippen LogP contribution in [-0.4, -0.2) is 32.4 Å². The average Bonchev–Trinajstić information content (AvgIpc) is 2.80. The van der Waals surface area contributed by atoms with Crippen LogP contribution in [-0.2, 0) is 4.79 Å². The van der Waals surface area contributed by atoms with Crippen molar-refractivity contribution in [2.75, 3.05) is 25.6 Å². The molecule has 166 valence electrons. The molecule has 0 radical (unpaired) electrons. The molecular weight excluding hydrogens is 428 g/mol. The third-order valence-corrected chi connectivity index (χ3v) is 4.92. The number of benzene rings is 3. The fourth-order valence-corrected chi connectivity index (χ4v) is 3.00. The average molecular weight is 453 g/mol. The van der Waals surface area contributed by atoms with E-state index in [9.17, 15) is 4.79 Å². The van der Waals surface area contributed by atoms with Crippen LogP contribution in [0.1, 0.15) is 18.1 Å². The normalized spacial score (nSPS) is 10.8. The summed E-state index contributed by atoms with van der Waals surface area (Å²) in [5.74, 6) is 1.50. The number of hydrogen-bond donors (Lipinski definition) is 1. The van der Waals surface area contributed by atoms with Crippen LogP contribution in [0, 0.1) is 6.92 Å². The van der Waals surface area contributed by atoms with Gasteiger partial charge in [-0.05, 0) is 79.6 Å². The van der Waals surface area contributed by atoms with Crippen molar-refractivity contribution in [2.24, 2.45) is 4.99 Å². The molecule has 3 aromatic rings. The van der Waals surface area contributed by atoms with Gasteiger partial charge in [-0.25, -0.2) is 0 Å². The van der Waals surface area contributed by atoms with Crippen molar-refractivity contribution in [3.8, 4) is 17.2 Å². The highest BCUT2D eigenvalue weighted by Crippen LogP contribution is 2.28. The van der Waals surface area contributed by atoms with E-state index in [0.29, 0.717) is 28.8 Å². The van der Waals surface area contributed by atoms with Gasteiger partial charge >= 0.3 is 0 Å². The summed E-state index contributed by atoms with van der Waals surface area (Å²) >= 11 is 6.10. The fourth-order valence-electron chi connectivity index (χ4n) is 2.82. The standard InChI is InChI=1S/C25H25ClN2O4/c1-4-31-24-13-18(15-27-19-8-10-21(30-3)11-9-19)6-12-23(24)32-16-25(29)28-20-7-5-17(2)22(26)14-20/h5-15H,4,16H2,1-3H3,(H,28,29). The van der Waals surface area contributed by atoms with Gasteiger partial charge in [0.25, 0.3) is 5.91 Å². The molecule has 1 N–H and O–H groups in total. The smallest absolute Gasteiger partial charge is 0.262 e. The van der Waals surface area contributed by atoms with Gasteiger partial charge in [0.15, 0.2) is 18.1 Å². The second kappa shape index (κ2) is 11.2. The minimum atomic E-state index is -0.294. The second-order valence-corrected chi connectivity index (χ2v) is 7.30. The highest BCUT2D eigenvalue weighted by molar-refractivity contribution is 6.31. The van der Waals surface area contributed by atoms with Crippen molar-refractivity contribution in [2.45, 2.75) is 13.8 Å². The summed E-state index contributed by atoms with van der Waals surface area (Å²) in [5.41, 5.74) is 3.20. The number of nitrogens with one attached hydrogen (secondary N) is 1. The number of rotatable bonds is 9. The first-order valence-electron chi connectivity index (χ1n) is 10.1. The number of ether oxygens (including phenoxy) is 3. The number of aryl methyl sites for hydroxylation is 1. The summed E-state index contributed by atoms with van der Waals surface area (Å²) in [4.78, 5) is 16.7. The Morgan fingerprint density at radius 2 is 1.81 bits per heavy atom. The molecule has 0 aromatic heterocycles. The van der Waals surface area contributed by atoms with E-state index in [1.807, 2.05) is 56.3 Å². The Hall–Kier alpha value is -3.51. The van der Waals surface area contributed by atoms with Gasteiger partial charge < -0.3 is 19.5 Å². The Kier molecular flexibility index (Phi) is 8.11. The summed E-state index contributed by atoms with van der Waals surface area (Å²) in [5, 5.41) is 3.36. The molecule has 0 fully saturated rings. The first-order chi connectivity index (χ1) is 15.5. The predicted octanol–water partition coefficient (Wildman–Crippen LogP) is 5.82. The van der Waals surface area contributed by atoms with E-state index in [1.165, 1.54) is 0 Å². The molecule has 0 spiro atoms. The molecule has 3 aromatic carbocycles. The molecule has 0 unspecified atom stereocenters. The molecule has 0 saturated heterocycles. The molecule has 0 saturated carbocycles. The van der Waals surface area contributed by atoms with E-state index in [2.05, 4.69) is 10.3 Å². The third kappa shape index (κ3) is 6.49. The maximum atomic E-state index is 12.3. The van der Waals surface area contributed by atoms with Crippen molar-refractivity contribution in [3.05, 3.63) is 76.8 Å². The van der Waals surface area contributed by atoms with Crippen molar-refractivity contribution < 1.29 is 19.0 Å². The number of hydrogen-bond acceptors (Lipinski definition) is 5. The lowest BCUT2D eigenvalue weighted by Crippen LogP contribution is -2.20. The topological polar surface area (TPSA) is 69.1 Å². The molecular formula is C25H25ClN2O4. The van der Waals surface area contributed by atoms with Crippen molar-refractivity contribution in [1.82, 2.24) is 0 Å². The number of aliphatic imine (C=N–C) groups is 1. The quantitative estimate of drug-likeness (QED) is 0.415. The van der Waals surface area contributed by atoms with Gasteiger partial charge in [-0.2, -0.15) is 0 Å². The summed E-state index contributed by atoms with van der Waals surface area (Å²) < 4.78 is 16.5. The van der Waals surface area contributed by atoms with Gasteiger partial charge in [0.1, 0.15) is 5.75 Å². The van der Waals surface area contributed by atoms with Crippen molar-refractivity contribution in [3.63, 3.8) is 0 Å². The number of carbonyl (C=O) groups excluding carboxylic acids is 1. The van der Waals surface area contributed by atoms with Gasteiger partial charge in [0, 0.05) is 16.9 Å². The molecule has 0 aliphatic carbocycles. The minimum absolute atomic E-state index is 0.162. The third-order valence-electron chi connectivity index (χ3n) is 4.52. The van der Waals surface area contributed by atoms with Crippen LogP contribution < -0.4 is 19.5 Å². The highest BCUT2D eigenvalue weighted by atomic mass is 35.5. The maximum Gasteiger partial charge on any atom is 0.262 e. The molecule has 7 heteroatoms. The first-order valence-corrected chi connectivity index (χ1v) is 10.5. The van der Waals surface area contributed by atoms with Crippen LogP contribution in [0.3, 0.4) is 0 Å². The molecule has 0 aliphatic rings. The number of nitrogens with zero attached hydrogens (tertiary/aromatic N) is 1. The largest absolute Gasteiger partial charge is 0.497 e. The lowest BCUT2D eigenvalue weighted by molar-refractivity contribution is -0.118. The molecule has 0 heterocycles. The zero-order chi connectivity index (χ0) is 22.9. The molecule has 1 amide bonds. The van der Waals surface area contributed by atoms with Crippen molar-refractivity contribution in [1.29, 1.82) is 0 Å². The van der Waals surface area contributed by atoms with Gasteiger partial charge in [0.2, 0.25) is 0 Å². The van der Waals surface area contributed by atoms with Crippen LogP contribution >= 0.6 is 11.6 Å². The van der Waals surface area contributed by atoms with E-state index < -0.39 is 0 Å². The highest BCUT2D eigenvalue weighted by Gasteiger charge is 2.10. The van der Waals surface area contributed by atoms with Crippen LogP contribution in [0.15, 0.2) is 65.7 Å². The number of methoxy groups -OCH3 is 1. The lowest BCUT2D eigenvalue weighted by Gasteiger charge is -2.13.